The van der Waals surface area contributed by atoms with E-state index in [2.05, 4.69) is 9.97 Å². The molecule has 2 heterocycles. The molecular weight excluding hydrogens is 248 g/mol. The molecule has 0 saturated heterocycles. The number of nitrogens with two attached hydrogens (primary N) is 1. The zero-order valence-electron chi connectivity index (χ0n) is 10.7. The summed E-state index contributed by atoms with van der Waals surface area (Å²) >= 11 is 0. The molecule has 0 saturated carbocycles. The lowest BCUT2D eigenvalue weighted by molar-refractivity contribution is 0.0695. The number of anilines is 1. The van der Waals surface area contributed by atoms with Gasteiger partial charge in [-0.05, 0) is 13.3 Å². The summed E-state index contributed by atoms with van der Waals surface area (Å²) in [5.74, 6) is -0.825. The van der Waals surface area contributed by atoms with Gasteiger partial charge in [-0.1, -0.05) is 6.92 Å². The van der Waals surface area contributed by atoms with Crippen molar-refractivity contribution >= 4 is 22.8 Å². The molecule has 2 aromatic rings. The molecule has 0 atom stereocenters. The number of aromatic carboxylic acids is 1. The van der Waals surface area contributed by atoms with E-state index in [0.29, 0.717) is 18.0 Å². The molecule has 2 aromatic heterocycles. The van der Waals surface area contributed by atoms with Crippen LogP contribution in [-0.4, -0.2) is 25.6 Å². The average molecular weight is 262 g/mol. The summed E-state index contributed by atoms with van der Waals surface area (Å²) in [5.41, 5.74) is 5.15. The molecular formula is C12H14N4O3. The number of carboxylic acids is 1. The molecule has 0 aliphatic heterocycles. The molecule has 0 bridgehead atoms. The SMILES string of the molecule is CCCn1cc(C(=O)O)c(=O)c2c(N)nc(C)nc21. The number of hydrogen-bond acceptors (Lipinski definition) is 5. The Morgan fingerprint density at radius 3 is 2.74 bits per heavy atom. The number of carbonyl (C=O) groups is 1. The molecule has 3 N–H and O–H groups in total. The van der Waals surface area contributed by atoms with Crippen LogP contribution in [0.25, 0.3) is 11.0 Å². The highest BCUT2D eigenvalue weighted by molar-refractivity contribution is 5.94. The summed E-state index contributed by atoms with van der Waals surface area (Å²) in [6.07, 6.45) is 2.09. The molecule has 0 aliphatic rings. The largest absolute Gasteiger partial charge is 0.477 e. The average Bonchev–Trinajstić information content (AvgIpc) is 2.31. The number of nitrogens with zero attached hydrogens (tertiary/aromatic N) is 3. The smallest absolute Gasteiger partial charge is 0.341 e. The summed E-state index contributed by atoms with van der Waals surface area (Å²) in [6, 6.07) is 0. The first-order chi connectivity index (χ1) is 8.95. The van der Waals surface area contributed by atoms with Crippen molar-refractivity contribution in [3.63, 3.8) is 0 Å². The Kier molecular flexibility index (Phi) is 3.20. The number of nitrogen functional groups attached to an aromatic ring is 1. The van der Waals surface area contributed by atoms with Crippen LogP contribution < -0.4 is 11.2 Å². The summed E-state index contributed by atoms with van der Waals surface area (Å²) in [4.78, 5) is 31.3. The second kappa shape index (κ2) is 4.68. The second-order valence-electron chi connectivity index (χ2n) is 4.23. The van der Waals surface area contributed by atoms with Crippen LogP contribution in [0.3, 0.4) is 0 Å². The van der Waals surface area contributed by atoms with E-state index in [4.69, 9.17) is 10.8 Å². The fraction of sp³-hybridized carbons (Fsp3) is 0.333. The van der Waals surface area contributed by atoms with Gasteiger partial charge in [0.25, 0.3) is 0 Å². The Hall–Kier alpha value is -2.44. The van der Waals surface area contributed by atoms with Crippen LogP contribution in [0.1, 0.15) is 29.5 Å². The van der Waals surface area contributed by atoms with Gasteiger partial charge in [-0.2, -0.15) is 0 Å². The number of pyridine rings is 1. The van der Waals surface area contributed by atoms with Crippen LogP contribution in [0.2, 0.25) is 0 Å². The van der Waals surface area contributed by atoms with Crippen molar-refractivity contribution in [1.29, 1.82) is 0 Å². The number of rotatable bonds is 3. The fourth-order valence-electron chi connectivity index (χ4n) is 1.98. The molecule has 0 amide bonds. The maximum Gasteiger partial charge on any atom is 0.341 e. The Morgan fingerprint density at radius 2 is 2.16 bits per heavy atom. The fourth-order valence-corrected chi connectivity index (χ4v) is 1.98. The van der Waals surface area contributed by atoms with Gasteiger partial charge in [-0.15, -0.1) is 0 Å². The van der Waals surface area contributed by atoms with Crippen molar-refractivity contribution < 1.29 is 9.90 Å². The van der Waals surface area contributed by atoms with Crippen LogP contribution in [-0.2, 0) is 6.54 Å². The number of aromatic nitrogens is 3. The quantitative estimate of drug-likeness (QED) is 0.845. The summed E-state index contributed by atoms with van der Waals surface area (Å²) in [5, 5.41) is 9.14. The van der Waals surface area contributed by atoms with E-state index in [9.17, 15) is 9.59 Å². The molecule has 7 nitrogen and oxygen atoms in total. The third kappa shape index (κ3) is 2.14. The Labute approximate surface area is 108 Å². The van der Waals surface area contributed by atoms with E-state index in [-0.39, 0.29) is 16.8 Å². The molecule has 0 fully saturated rings. The van der Waals surface area contributed by atoms with Gasteiger partial charge < -0.3 is 15.4 Å². The molecule has 19 heavy (non-hydrogen) atoms. The van der Waals surface area contributed by atoms with E-state index in [1.807, 2.05) is 6.92 Å². The molecule has 0 spiro atoms. The summed E-state index contributed by atoms with van der Waals surface area (Å²) in [7, 11) is 0. The zero-order valence-corrected chi connectivity index (χ0v) is 10.7. The monoisotopic (exact) mass is 262 g/mol. The van der Waals surface area contributed by atoms with Gasteiger partial charge in [-0.3, -0.25) is 4.79 Å². The van der Waals surface area contributed by atoms with Gasteiger partial charge >= 0.3 is 5.97 Å². The van der Waals surface area contributed by atoms with Crippen molar-refractivity contribution in [2.45, 2.75) is 26.8 Å². The molecule has 100 valence electrons. The Balaban J connectivity index is 2.96. The highest BCUT2D eigenvalue weighted by Gasteiger charge is 2.18. The minimum absolute atomic E-state index is 0.0143. The predicted molar refractivity (Wildman–Crippen MR) is 70.2 cm³/mol. The maximum atomic E-state index is 12.1. The van der Waals surface area contributed by atoms with E-state index in [0.717, 1.165) is 6.42 Å². The topological polar surface area (TPSA) is 111 Å². The third-order valence-electron chi connectivity index (χ3n) is 2.75. The molecule has 2 rings (SSSR count). The Bertz CT molecular complexity index is 721. The van der Waals surface area contributed by atoms with Crippen molar-refractivity contribution in [1.82, 2.24) is 14.5 Å². The lowest BCUT2D eigenvalue weighted by Crippen LogP contribution is -2.21. The third-order valence-corrected chi connectivity index (χ3v) is 2.75. The van der Waals surface area contributed by atoms with Gasteiger partial charge in [0.2, 0.25) is 5.43 Å². The number of aryl methyl sites for hydroxylation is 2. The molecule has 0 aliphatic carbocycles. The van der Waals surface area contributed by atoms with E-state index in [1.165, 1.54) is 6.20 Å². The van der Waals surface area contributed by atoms with Gasteiger partial charge in [0, 0.05) is 12.7 Å². The van der Waals surface area contributed by atoms with E-state index < -0.39 is 11.4 Å². The van der Waals surface area contributed by atoms with Crippen LogP contribution >= 0.6 is 0 Å². The molecule has 7 heteroatoms. The van der Waals surface area contributed by atoms with Gasteiger partial charge in [0.15, 0.2) is 0 Å². The summed E-state index contributed by atoms with van der Waals surface area (Å²) in [6.45, 7) is 4.16. The number of carboxylic acid groups (broad SMARTS) is 1. The maximum absolute atomic E-state index is 12.1. The number of hydrogen-bond donors (Lipinski definition) is 2. The van der Waals surface area contributed by atoms with Gasteiger partial charge in [0.1, 0.15) is 28.2 Å². The lowest BCUT2D eigenvalue weighted by Gasteiger charge is -2.11. The van der Waals surface area contributed by atoms with E-state index in [1.54, 1.807) is 11.5 Å². The van der Waals surface area contributed by atoms with Gasteiger partial charge in [0.05, 0.1) is 0 Å². The van der Waals surface area contributed by atoms with Crippen molar-refractivity contribution in [2.24, 2.45) is 0 Å². The van der Waals surface area contributed by atoms with Gasteiger partial charge in [-0.25, -0.2) is 14.8 Å². The lowest BCUT2D eigenvalue weighted by atomic mass is 10.2. The van der Waals surface area contributed by atoms with Crippen molar-refractivity contribution in [3.05, 3.63) is 27.8 Å². The molecule has 0 unspecified atom stereocenters. The second-order valence-corrected chi connectivity index (χ2v) is 4.23. The standard InChI is InChI=1S/C12H14N4O3/c1-3-4-16-5-7(12(18)19)9(17)8-10(13)14-6(2)15-11(8)16/h5H,3-4H2,1-2H3,(H,18,19)(H2,13,14,15). The zero-order chi connectivity index (χ0) is 14.2. The van der Waals surface area contributed by atoms with Crippen molar-refractivity contribution in [2.75, 3.05) is 5.73 Å². The molecule has 0 aromatic carbocycles. The summed E-state index contributed by atoms with van der Waals surface area (Å²) < 4.78 is 1.63. The Morgan fingerprint density at radius 1 is 1.47 bits per heavy atom. The predicted octanol–water partition coefficient (Wildman–Crippen LogP) is 0.790. The van der Waals surface area contributed by atoms with Crippen LogP contribution in [0.4, 0.5) is 5.82 Å². The minimum atomic E-state index is -1.28. The van der Waals surface area contributed by atoms with Crippen LogP contribution in [0, 0.1) is 6.92 Å². The first-order valence-electron chi connectivity index (χ1n) is 5.86. The highest BCUT2D eigenvalue weighted by Crippen LogP contribution is 2.15. The molecule has 0 radical (unpaired) electrons. The first kappa shape index (κ1) is 13.0. The van der Waals surface area contributed by atoms with Crippen molar-refractivity contribution in [3.8, 4) is 0 Å². The first-order valence-corrected chi connectivity index (χ1v) is 5.86. The number of fused-ring (bicyclic) bond motifs is 1. The van der Waals surface area contributed by atoms with E-state index >= 15 is 0 Å². The van der Waals surface area contributed by atoms with Crippen LogP contribution in [0.15, 0.2) is 11.0 Å². The minimum Gasteiger partial charge on any atom is -0.477 e. The highest BCUT2D eigenvalue weighted by atomic mass is 16.4. The van der Waals surface area contributed by atoms with Crippen LogP contribution in [0.5, 0.6) is 0 Å². The normalized spacial score (nSPS) is 10.8.